The van der Waals surface area contributed by atoms with Crippen LogP contribution in [0, 0.1) is 5.92 Å². The van der Waals surface area contributed by atoms with Crippen LogP contribution in [0.1, 0.15) is 38.2 Å². The lowest BCUT2D eigenvalue weighted by atomic mass is 9.85. The standard InChI is InChI=1S/C16H25N3O2S/c1-12(10-13-6-9-22-11-13)19-16(21)18-8-3-7-17-15(20)14-4-2-5-14/h6,9,11-12,14H,2-5,7-8,10H2,1H3,(H,17,20)(H2,18,19,21). The molecule has 1 aliphatic rings. The van der Waals surface area contributed by atoms with Crippen molar-refractivity contribution in [3.63, 3.8) is 0 Å². The fourth-order valence-corrected chi connectivity index (χ4v) is 3.09. The number of hydrogen-bond acceptors (Lipinski definition) is 3. The molecular weight excluding hydrogens is 298 g/mol. The van der Waals surface area contributed by atoms with Gasteiger partial charge in [-0.25, -0.2) is 4.79 Å². The highest BCUT2D eigenvalue weighted by molar-refractivity contribution is 7.07. The molecule has 1 aromatic heterocycles. The van der Waals surface area contributed by atoms with Gasteiger partial charge in [-0.1, -0.05) is 6.42 Å². The molecule has 0 aromatic carbocycles. The van der Waals surface area contributed by atoms with Crippen LogP contribution in [0.2, 0.25) is 0 Å². The summed E-state index contributed by atoms with van der Waals surface area (Å²) in [5.74, 6) is 0.397. The monoisotopic (exact) mass is 323 g/mol. The molecule has 0 radical (unpaired) electrons. The van der Waals surface area contributed by atoms with Crippen LogP contribution in [0.3, 0.4) is 0 Å². The third-order valence-electron chi connectivity index (χ3n) is 3.91. The van der Waals surface area contributed by atoms with Gasteiger partial charge >= 0.3 is 6.03 Å². The molecule has 1 fully saturated rings. The molecule has 22 heavy (non-hydrogen) atoms. The summed E-state index contributed by atoms with van der Waals surface area (Å²) in [4.78, 5) is 23.3. The third kappa shape index (κ3) is 5.67. The molecule has 0 bridgehead atoms. The lowest BCUT2D eigenvalue weighted by Crippen LogP contribution is -2.42. The number of carbonyl (C=O) groups excluding carboxylic acids is 2. The third-order valence-corrected chi connectivity index (χ3v) is 4.65. The second-order valence-corrected chi connectivity index (χ2v) is 6.69. The Morgan fingerprint density at radius 1 is 1.32 bits per heavy atom. The Bertz CT molecular complexity index is 472. The quantitative estimate of drug-likeness (QED) is 0.642. The van der Waals surface area contributed by atoms with Crippen molar-refractivity contribution in [3.8, 4) is 0 Å². The predicted octanol–water partition coefficient (Wildman–Crippen LogP) is 2.28. The molecule has 1 saturated carbocycles. The normalized spacial score (nSPS) is 15.7. The van der Waals surface area contributed by atoms with E-state index in [2.05, 4.69) is 27.4 Å². The molecular formula is C16H25N3O2S. The highest BCUT2D eigenvalue weighted by Gasteiger charge is 2.24. The molecule has 0 saturated heterocycles. The minimum atomic E-state index is -0.145. The largest absolute Gasteiger partial charge is 0.356 e. The van der Waals surface area contributed by atoms with E-state index in [1.165, 1.54) is 12.0 Å². The summed E-state index contributed by atoms with van der Waals surface area (Å²) in [6.07, 6.45) is 4.81. The fraction of sp³-hybridized carbons (Fsp3) is 0.625. The van der Waals surface area contributed by atoms with Gasteiger partial charge in [-0.2, -0.15) is 11.3 Å². The number of carbonyl (C=O) groups is 2. The molecule has 122 valence electrons. The Labute approximate surface area is 135 Å². The Hall–Kier alpha value is -1.56. The van der Waals surface area contributed by atoms with Crippen molar-refractivity contribution in [2.75, 3.05) is 13.1 Å². The molecule has 3 N–H and O–H groups in total. The number of amides is 3. The highest BCUT2D eigenvalue weighted by atomic mass is 32.1. The van der Waals surface area contributed by atoms with Gasteiger partial charge < -0.3 is 16.0 Å². The van der Waals surface area contributed by atoms with E-state index in [4.69, 9.17) is 0 Å². The number of urea groups is 1. The van der Waals surface area contributed by atoms with Crippen molar-refractivity contribution < 1.29 is 9.59 Å². The van der Waals surface area contributed by atoms with Crippen molar-refractivity contribution in [1.82, 2.24) is 16.0 Å². The summed E-state index contributed by atoms with van der Waals surface area (Å²) in [5, 5.41) is 12.8. The highest BCUT2D eigenvalue weighted by Crippen LogP contribution is 2.25. The average Bonchev–Trinajstić information content (AvgIpc) is 2.88. The molecule has 6 heteroatoms. The lowest BCUT2D eigenvalue weighted by molar-refractivity contribution is -0.127. The van der Waals surface area contributed by atoms with Gasteiger partial charge in [0.15, 0.2) is 0 Å². The molecule has 0 spiro atoms. The Morgan fingerprint density at radius 3 is 2.73 bits per heavy atom. The zero-order valence-corrected chi connectivity index (χ0v) is 13.9. The van der Waals surface area contributed by atoms with E-state index in [0.29, 0.717) is 13.1 Å². The first-order valence-electron chi connectivity index (χ1n) is 7.98. The molecule has 1 unspecified atom stereocenters. The lowest BCUT2D eigenvalue weighted by Gasteiger charge is -2.24. The Kier molecular flexibility index (Phi) is 6.71. The average molecular weight is 323 g/mol. The number of rotatable bonds is 8. The van der Waals surface area contributed by atoms with Gasteiger partial charge in [0, 0.05) is 25.0 Å². The van der Waals surface area contributed by atoms with E-state index in [1.807, 2.05) is 12.3 Å². The molecule has 1 aromatic rings. The second-order valence-electron chi connectivity index (χ2n) is 5.91. The minimum absolute atomic E-state index is 0.105. The van der Waals surface area contributed by atoms with Crippen LogP contribution in [-0.4, -0.2) is 31.1 Å². The van der Waals surface area contributed by atoms with Gasteiger partial charge in [0.25, 0.3) is 0 Å². The van der Waals surface area contributed by atoms with Gasteiger partial charge in [-0.05, 0) is 55.0 Å². The minimum Gasteiger partial charge on any atom is -0.356 e. The molecule has 5 nitrogen and oxygen atoms in total. The topological polar surface area (TPSA) is 70.2 Å². The SMILES string of the molecule is CC(Cc1ccsc1)NC(=O)NCCCNC(=O)C1CCC1. The van der Waals surface area contributed by atoms with Crippen molar-refractivity contribution in [3.05, 3.63) is 22.4 Å². The van der Waals surface area contributed by atoms with Crippen LogP contribution in [0.25, 0.3) is 0 Å². The fourth-order valence-electron chi connectivity index (χ4n) is 2.40. The predicted molar refractivity (Wildman–Crippen MR) is 89.0 cm³/mol. The maximum absolute atomic E-state index is 11.7. The molecule has 2 rings (SSSR count). The van der Waals surface area contributed by atoms with Crippen molar-refractivity contribution in [2.45, 2.75) is 45.1 Å². The van der Waals surface area contributed by atoms with Crippen LogP contribution in [0.4, 0.5) is 4.79 Å². The van der Waals surface area contributed by atoms with Crippen molar-refractivity contribution >= 4 is 23.3 Å². The number of nitrogens with one attached hydrogen (secondary N) is 3. The van der Waals surface area contributed by atoms with E-state index < -0.39 is 0 Å². The Morgan fingerprint density at radius 2 is 2.09 bits per heavy atom. The first kappa shape index (κ1) is 16.8. The number of thiophene rings is 1. The summed E-state index contributed by atoms with van der Waals surface area (Å²) in [7, 11) is 0. The van der Waals surface area contributed by atoms with E-state index in [-0.39, 0.29) is 23.9 Å². The van der Waals surface area contributed by atoms with Gasteiger partial charge in [0.2, 0.25) is 5.91 Å². The summed E-state index contributed by atoms with van der Waals surface area (Å²) in [6.45, 7) is 3.19. The smallest absolute Gasteiger partial charge is 0.315 e. The first-order valence-corrected chi connectivity index (χ1v) is 8.92. The van der Waals surface area contributed by atoms with Gasteiger partial charge in [-0.15, -0.1) is 0 Å². The zero-order chi connectivity index (χ0) is 15.8. The molecule has 3 amide bonds. The summed E-state index contributed by atoms with van der Waals surface area (Å²) >= 11 is 1.67. The van der Waals surface area contributed by atoms with E-state index in [1.54, 1.807) is 11.3 Å². The van der Waals surface area contributed by atoms with Gasteiger partial charge in [-0.3, -0.25) is 4.79 Å². The van der Waals surface area contributed by atoms with Gasteiger partial charge in [0.05, 0.1) is 0 Å². The number of hydrogen-bond donors (Lipinski definition) is 3. The van der Waals surface area contributed by atoms with Crippen LogP contribution < -0.4 is 16.0 Å². The second kappa shape index (κ2) is 8.78. The summed E-state index contributed by atoms with van der Waals surface area (Å²) in [6, 6.07) is 2.03. The van der Waals surface area contributed by atoms with Crippen molar-refractivity contribution in [2.24, 2.45) is 5.92 Å². The molecule has 1 heterocycles. The van der Waals surface area contributed by atoms with Crippen LogP contribution in [0.5, 0.6) is 0 Å². The maximum atomic E-state index is 11.7. The first-order chi connectivity index (χ1) is 10.6. The summed E-state index contributed by atoms with van der Waals surface area (Å²) < 4.78 is 0. The Balaban J connectivity index is 1.49. The molecule has 1 atom stereocenters. The molecule has 1 aliphatic carbocycles. The van der Waals surface area contributed by atoms with E-state index >= 15 is 0 Å². The summed E-state index contributed by atoms with van der Waals surface area (Å²) in [5.41, 5.74) is 1.25. The van der Waals surface area contributed by atoms with Crippen LogP contribution in [0.15, 0.2) is 16.8 Å². The van der Waals surface area contributed by atoms with Crippen molar-refractivity contribution in [1.29, 1.82) is 0 Å². The van der Waals surface area contributed by atoms with Crippen LogP contribution in [-0.2, 0) is 11.2 Å². The van der Waals surface area contributed by atoms with Gasteiger partial charge in [0.1, 0.15) is 0 Å². The van der Waals surface area contributed by atoms with E-state index in [0.717, 1.165) is 25.7 Å². The van der Waals surface area contributed by atoms with Crippen LogP contribution >= 0.6 is 11.3 Å². The molecule has 0 aliphatic heterocycles. The zero-order valence-electron chi connectivity index (χ0n) is 13.1. The van der Waals surface area contributed by atoms with E-state index in [9.17, 15) is 9.59 Å². The maximum Gasteiger partial charge on any atom is 0.315 e.